The topological polar surface area (TPSA) is 110 Å². The number of nitrogens with zero attached hydrogens (tertiary/aromatic N) is 1. The lowest BCUT2D eigenvalue weighted by atomic mass is 9.86. The minimum Gasteiger partial charge on any atom is -0.480 e. The van der Waals surface area contributed by atoms with Gasteiger partial charge in [0.1, 0.15) is 11.6 Å². The molecule has 0 saturated heterocycles. The van der Waals surface area contributed by atoms with Crippen LogP contribution in [0.3, 0.4) is 0 Å². The molecule has 114 valence electrons. The Bertz CT molecular complexity index is 595. The first-order valence-electron chi connectivity index (χ1n) is 6.01. The molecule has 0 bridgehead atoms. The van der Waals surface area contributed by atoms with E-state index in [2.05, 4.69) is 5.32 Å². The zero-order chi connectivity index (χ0) is 16.4. The van der Waals surface area contributed by atoms with Crippen LogP contribution in [0.1, 0.15) is 31.1 Å². The molecule has 0 saturated carbocycles. The van der Waals surface area contributed by atoms with Gasteiger partial charge in [0.25, 0.3) is 11.6 Å². The van der Waals surface area contributed by atoms with Gasteiger partial charge in [-0.15, -0.1) is 0 Å². The van der Waals surface area contributed by atoms with E-state index in [0.29, 0.717) is 0 Å². The van der Waals surface area contributed by atoms with Crippen molar-refractivity contribution >= 4 is 29.2 Å². The number of carbonyl (C=O) groups is 2. The third-order valence-corrected chi connectivity index (χ3v) is 3.02. The van der Waals surface area contributed by atoms with Crippen LogP contribution in [-0.2, 0) is 4.79 Å². The molecule has 0 unspecified atom stereocenters. The summed E-state index contributed by atoms with van der Waals surface area (Å²) in [6, 6.07) is 2.33. The number of nitro benzene ring substituents is 1. The Hall–Kier alpha value is -2.15. The summed E-state index contributed by atoms with van der Waals surface area (Å²) in [4.78, 5) is 33.6. The molecule has 1 rings (SSSR count). The highest BCUT2D eigenvalue weighted by molar-refractivity contribution is 6.31. The highest BCUT2D eigenvalue weighted by Crippen LogP contribution is 2.24. The Morgan fingerprint density at radius 1 is 1.38 bits per heavy atom. The van der Waals surface area contributed by atoms with E-state index in [4.69, 9.17) is 16.7 Å². The SMILES string of the molecule is CC(C)(C)[C@@H](NC(=O)c1cc(Cl)ccc1[N+](=O)[O-])C(=O)O. The lowest BCUT2D eigenvalue weighted by molar-refractivity contribution is -0.385. The van der Waals surface area contributed by atoms with Gasteiger partial charge in [-0.2, -0.15) is 0 Å². The Kier molecular flexibility index (Phi) is 4.90. The van der Waals surface area contributed by atoms with Crippen LogP contribution >= 0.6 is 11.6 Å². The zero-order valence-electron chi connectivity index (χ0n) is 11.7. The number of nitro groups is 1. The molecular weight excluding hydrogens is 300 g/mol. The molecule has 0 radical (unpaired) electrons. The van der Waals surface area contributed by atoms with Crippen molar-refractivity contribution < 1.29 is 19.6 Å². The van der Waals surface area contributed by atoms with Crippen molar-refractivity contribution in [1.82, 2.24) is 5.32 Å². The number of benzene rings is 1. The van der Waals surface area contributed by atoms with Crippen LogP contribution in [0.15, 0.2) is 18.2 Å². The smallest absolute Gasteiger partial charge is 0.326 e. The second-order valence-electron chi connectivity index (χ2n) is 5.53. The molecule has 0 aromatic heterocycles. The maximum Gasteiger partial charge on any atom is 0.326 e. The number of rotatable bonds is 4. The summed E-state index contributed by atoms with van der Waals surface area (Å²) in [5.41, 5.74) is -1.47. The van der Waals surface area contributed by atoms with Gasteiger partial charge in [0.2, 0.25) is 0 Å². The van der Waals surface area contributed by atoms with E-state index in [-0.39, 0.29) is 10.6 Å². The number of amides is 1. The van der Waals surface area contributed by atoms with Crippen LogP contribution in [0.4, 0.5) is 5.69 Å². The summed E-state index contributed by atoms with van der Waals surface area (Å²) in [7, 11) is 0. The molecule has 0 spiro atoms. The average molecular weight is 315 g/mol. The first kappa shape index (κ1) is 16.9. The standard InChI is InChI=1S/C13H15ClN2O5/c1-13(2,3)10(12(18)19)15-11(17)8-6-7(14)4-5-9(8)16(20)21/h4-6,10H,1-3H3,(H,15,17)(H,18,19)/t10-/m0/s1. The Morgan fingerprint density at radius 2 is 1.95 bits per heavy atom. The fourth-order valence-electron chi connectivity index (χ4n) is 1.71. The predicted octanol–water partition coefficient (Wildman–Crippen LogP) is 2.48. The fraction of sp³-hybridized carbons (Fsp3) is 0.385. The summed E-state index contributed by atoms with van der Waals surface area (Å²) < 4.78 is 0. The van der Waals surface area contributed by atoms with Gasteiger partial charge in [0.05, 0.1) is 4.92 Å². The third kappa shape index (κ3) is 4.16. The number of aliphatic carboxylic acids is 1. The molecule has 0 aliphatic heterocycles. The summed E-state index contributed by atoms with van der Waals surface area (Å²) in [5.74, 6) is -2.08. The second-order valence-corrected chi connectivity index (χ2v) is 5.97. The number of hydrogen-bond donors (Lipinski definition) is 2. The lowest BCUT2D eigenvalue weighted by Crippen LogP contribution is -2.49. The number of carboxylic acids is 1. The average Bonchev–Trinajstić information content (AvgIpc) is 2.33. The monoisotopic (exact) mass is 314 g/mol. The van der Waals surface area contributed by atoms with Crippen molar-refractivity contribution in [2.75, 3.05) is 0 Å². The molecule has 2 N–H and O–H groups in total. The number of halogens is 1. The summed E-state index contributed by atoms with van der Waals surface area (Å²) in [6.07, 6.45) is 0. The van der Waals surface area contributed by atoms with Crippen molar-refractivity contribution in [3.63, 3.8) is 0 Å². The number of carbonyl (C=O) groups excluding carboxylic acids is 1. The van der Waals surface area contributed by atoms with E-state index >= 15 is 0 Å². The minimum absolute atomic E-state index is 0.147. The molecular formula is C13H15ClN2O5. The van der Waals surface area contributed by atoms with Crippen LogP contribution < -0.4 is 5.32 Å². The largest absolute Gasteiger partial charge is 0.480 e. The number of carboxylic acid groups (broad SMARTS) is 1. The van der Waals surface area contributed by atoms with E-state index in [1.807, 2.05) is 0 Å². The van der Waals surface area contributed by atoms with Gasteiger partial charge >= 0.3 is 5.97 Å². The van der Waals surface area contributed by atoms with E-state index in [1.54, 1.807) is 20.8 Å². The molecule has 8 heteroatoms. The third-order valence-electron chi connectivity index (χ3n) is 2.79. The molecule has 1 atom stereocenters. The zero-order valence-corrected chi connectivity index (χ0v) is 12.5. The fourth-order valence-corrected chi connectivity index (χ4v) is 1.88. The highest BCUT2D eigenvalue weighted by atomic mass is 35.5. The van der Waals surface area contributed by atoms with Crippen molar-refractivity contribution in [2.24, 2.45) is 5.41 Å². The first-order chi connectivity index (χ1) is 9.54. The summed E-state index contributed by atoms with van der Waals surface area (Å²) in [6.45, 7) is 4.91. The molecule has 21 heavy (non-hydrogen) atoms. The number of hydrogen-bond acceptors (Lipinski definition) is 4. The maximum absolute atomic E-state index is 12.1. The Morgan fingerprint density at radius 3 is 2.38 bits per heavy atom. The van der Waals surface area contributed by atoms with Crippen LogP contribution in [-0.4, -0.2) is 27.9 Å². The van der Waals surface area contributed by atoms with E-state index in [1.165, 1.54) is 6.07 Å². The molecule has 0 fully saturated rings. The van der Waals surface area contributed by atoms with Gasteiger partial charge in [-0.3, -0.25) is 14.9 Å². The molecule has 7 nitrogen and oxygen atoms in total. The van der Waals surface area contributed by atoms with Crippen LogP contribution in [0.2, 0.25) is 5.02 Å². The van der Waals surface area contributed by atoms with Crippen molar-refractivity contribution in [3.8, 4) is 0 Å². The summed E-state index contributed by atoms with van der Waals surface area (Å²) >= 11 is 5.74. The molecule has 1 amide bonds. The maximum atomic E-state index is 12.1. The van der Waals surface area contributed by atoms with Gasteiger partial charge in [-0.05, 0) is 17.5 Å². The van der Waals surface area contributed by atoms with Gasteiger partial charge in [-0.1, -0.05) is 32.4 Å². The molecule has 1 aromatic carbocycles. The van der Waals surface area contributed by atoms with Crippen molar-refractivity contribution in [2.45, 2.75) is 26.8 Å². The van der Waals surface area contributed by atoms with Crippen LogP contribution in [0, 0.1) is 15.5 Å². The minimum atomic E-state index is -1.22. The normalized spacial score (nSPS) is 12.6. The van der Waals surface area contributed by atoms with Crippen LogP contribution in [0.25, 0.3) is 0 Å². The van der Waals surface area contributed by atoms with Crippen molar-refractivity contribution in [3.05, 3.63) is 38.9 Å². The Balaban J connectivity index is 3.17. The first-order valence-corrected chi connectivity index (χ1v) is 6.39. The van der Waals surface area contributed by atoms with E-state index in [0.717, 1.165) is 12.1 Å². The number of nitrogens with one attached hydrogen (secondary N) is 1. The lowest BCUT2D eigenvalue weighted by Gasteiger charge is -2.27. The molecule has 0 aliphatic carbocycles. The second kappa shape index (κ2) is 6.09. The van der Waals surface area contributed by atoms with E-state index < -0.39 is 33.9 Å². The van der Waals surface area contributed by atoms with Gasteiger partial charge in [0, 0.05) is 11.1 Å². The predicted molar refractivity (Wildman–Crippen MR) is 76.5 cm³/mol. The molecule has 0 heterocycles. The summed E-state index contributed by atoms with van der Waals surface area (Å²) in [5, 5.41) is 22.5. The highest BCUT2D eigenvalue weighted by Gasteiger charge is 2.34. The van der Waals surface area contributed by atoms with E-state index in [9.17, 15) is 19.7 Å². The quantitative estimate of drug-likeness (QED) is 0.655. The molecule has 1 aromatic rings. The van der Waals surface area contributed by atoms with Crippen LogP contribution in [0.5, 0.6) is 0 Å². The Labute approximate surface area is 126 Å². The molecule has 0 aliphatic rings. The van der Waals surface area contributed by atoms with Gasteiger partial charge in [0.15, 0.2) is 0 Å². The van der Waals surface area contributed by atoms with Gasteiger partial charge in [-0.25, -0.2) is 4.79 Å². The van der Waals surface area contributed by atoms with Crippen molar-refractivity contribution in [1.29, 1.82) is 0 Å². The van der Waals surface area contributed by atoms with Gasteiger partial charge < -0.3 is 10.4 Å².